The molecule has 2 fully saturated rings. The van der Waals surface area contributed by atoms with Gasteiger partial charge >= 0.3 is 6.03 Å². The molecule has 0 aromatic heterocycles. The number of nitrogens with zero attached hydrogens (tertiary/aromatic N) is 2. The Kier molecular flexibility index (Phi) is 4.98. The molecular weight excluding hydrogens is 274 g/mol. The predicted molar refractivity (Wildman–Crippen MR) is 88.8 cm³/mol. The first-order valence-electron chi connectivity index (χ1n) is 8.55. The highest BCUT2D eigenvalue weighted by molar-refractivity contribution is 5.74. The minimum Gasteiger partial charge on any atom is -0.334 e. The van der Waals surface area contributed by atoms with Crippen molar-refractivity contribution in [1.29, 1.82) is 0 Å². The molecule has 1 aliphatic carbocycles. The van der Waals surface area contributed by atoms with Crippen molar-refractivity contribution >= 4 is 6.03 Å². The van der Waals surface area contributed by atoms with Crippen molar-refractivity contribution in [2.24, 2.45) is 0 Å². The summed E-state index contributed by atoms with van der Waals surface area (Å²) in [4.78, 5) is 16.9. The van der Waals surface area contributed by atoms with Gasteiger partial charge in [0.15, 0.2) is 0 Å². The van der Waals surface area contributed by atoms with Gasteiger partial charge in [-0.3, -0.25) is 4.90 Å². The first-order valence-corrected chi connectivity index (χ1v) is 8.55. The summed E-state index contributed by atoms with van der Waals surface area (Å²) in [6.07, 6.45) is 5.45. The van der Waals surface area contributed by atoms with Crippen LogP contribution in [0.2, 0.25) is 0 Å². The molecule has 0 bridgehead atoms. The molecule has 0 unspecified atom stereocenters. The van der Waals surface area contributed by atoms with Gasteiger partial charge in [-0.05, 0) is 30.9 Å². The number of benzene rings is 1. The maximum atomic E-state index is 12.3. The molecule has 0 spiro atoms. The molecule has 2 amide bonds. The van der Waals surface area contributed by atoms with E-state index >= 15 is 0 Å². The molecule has 1 saturated heterocycles. The van der Waals surface area contributed by atoms with E-state index in [1.54, 1.807) is 0 Å². The molecule has 1 saturated carbocycles. The fourth-order valence-electron chi connectivity index (χ4n) is 3.65. The smallest absolute Gasteiger partial charge is 0.317 e. The standard InChI is InChI=1S/C18H27N3O/c1-15-6-2-3-7-16(15)14-19-18(22)21-12-10-20(11-13-21)17-8-4-5-9-17/h2-3,6-7,17H,4-5,8-14H2,1H3,(H,19,22). The van der Waals surface area contributed by atoms with E-state index < -0.39 is 0 Å². The fraction of sp³-hybridized carbons (Fsp3) is 0.611. The van der Waals surface area contributed by atoms with Crippen molar-refractivity contribution in [2.45, 2.75) is 45.2 Å². The average Bonchev–Trinajstić information content (AvgIpc) is 3.08. The molecule has 3 rings (SSSR count). The molecule has 2 aliphatic rings. The molecule has 1 aromatic rings. The van der Waals surface area contributed by atoms with Crippen molar-refractivity contribution in [3.63, 3.8) is 0 Å². The largest absolute Gasteiger partial charge is 0.334 e. The van der Waals surface area contributed by atoms with Crippen molar-refractivity contribution in [3.8, 4) is 0 Å². The number of hydrogen-bond donors (Lipinski definition) is 1. The average molecular weight is 301 g/mol. The third-order valence-electron chi connectivity index (χ3n) is 5.13. The van der Waals surface area contributed by atoms with Crippen LogP contribution in [0.15, 0.2) is 24.3 Å². The summed E-state index contributed by atoms with van der Waals surface area (Å²) in [7, 11) is 0. The zero-order valence-corrected chi connectivity index (χ0v) is 13.6. The maximum Gasteiger partial charge on any atom is 0.317 e. The van der Waals surface area contributed by atoms with E-state index in [2.05, 4.69) is 29.3 Å². The number of urea groups is 1. The monoisotopic (exact) mass is 301 g/mol. The van der Waals surface area contributed by atoms with Crippen LogP contribution in [0, 0.1) is 6.92 Å². The number of rotatable bonds is 3. The first kappa shape index (κ1) is 15.3. The van der Waals surface area contributed by atoms with Gasteiger partial charge in [-0.25, -0.2) is 4.79 Å². The topological polar surface area (TPSA) is 35.6 Å². The lowest BCUT2D eigenvalue weighted by Crippen LogP contribution is -2.53. The zero-order chi connectivity index (χ0) is 15.4. The van der Waals surface area contributed by atoms with E-state index in [1.165, 1.54) is 36.8 Å². The Morgan fingerprint density at radius 1 is 1.14 bits per heavy atom. The SMILES string of the molecule is Cc1ccccc1CNC(=O)N1CCN(C2CCCC2)CC1. The number of carbonyl (C=O) groups excluding carboxylic acids is 1. The fourth-order valence-corrected chi connectivity index (χ4v) is 3.65. The van der Waals surface area contributed by atoms with Crippen LogP contribution in [-0.4, -0.2) is 48.1 Å². The second-order valence-electron chi connectivity index (χ2n) is 6.55. The van der Waals surface area contributed by atoms with Gasteiger partial charge in [0.05, 0.1) is 0 Å². The maximum absolute atomic E-state index is 12.3. The van der Waals surface area contributed by atoms with E-state index in [4.69, 9.17) is 0 Å². The third kappa shape index (κ3) is 3.61. The molecule has 0 radical (unpaired) electrons. The summed E-state index contributed by atoms with van der Waals surface area (Å²) in [5, 5.41) is 3.06. The van der Waals surface area contributed by atoms with E-state index in [0.717, 1.165) is 32.2 Å². The number of aryl methyl sites for hydroxylation is 1. The van der Waals surface area contributed by atoms with Crippen LogP contribution in [0.3, 0.4) is 0 Å². The van der Waals surface area contributed by atoms with Gasteiger partial charge in [0.25, 0.3) is 0 Å². The van der Waals surface area contributed by atoms with Crippen molar-refractivity contribution < 1.29 is 4.79 Å². The van der Waals surface area contributed by atoms with Gasteiger partial charge in [-0.15, -0.1) is 0 Å². The van der Waals surface area contributed by atoms with Crippen LogP contribution in [-0.2, 0) is 6.54 Å². The number of hydrogen-bond acceptors (Lipinski definition) is 2. The molecular formula is C18H27N3O. The minimum atomic E-state index is 0.0781. The normalized spacial score (nSPS) is 20.3. The Morgan fingerprint density at radius 2 is 1.82 bits per heavy atom. The highest BCUT2D eigenvalue weighted by atomic mass is 16.2. The van der Waals surface area contributed by atoms with E-state index in [-0.39, 0.29) is 6.03 Å². The predicted octanol–water partition coefficient (Wildman–Crippen LogP) is 2.76. The number of piperazine rings is 1. The van der Waals surface area contributed by atoms with Crippen LogP contribution < -0.4 is 5.32 Å². The van der Waals surface area contributed by atoms with Crippen molar-refractivity contribution in [2.75, 3.05) is 26.2 Å². The van der Waals surface area contributed by atoms with Gasteiger partial charge in [0.2, 0.25) is 0 Å². The van der Waals surface area contributed by atoms with Crippen LogP contribution in [0.1, 0.15) is 36.8 Å². The molecule has 22 heavy (non-hydrogen) atoms. The van der Waals surface area contributed by atoms with E-state index in [1.807, 2.05) is 17.0 Å². The molecule has 1 heterocycles. The minimum absolute atomic E-state index is 0.0781. The van der Waals surface area contributed by atoms with Gasteiger partial charge in [-0.2, -0.15) is 0 Å². The van der Waals surface area contributed by atoms with Gasteiger partial charge < -0.3 is 10.2 Å². The summed E-state index contributed by atoms with van der Waals surface area (Å²) in [6.45, 7) is 6.48. The Balaban J connectivity index is 1.45. The van der Waals surface area contributed by atoms with Gasteiger partial charge in [0, 0.05) is 38.8 Å². The summed E-state index contributed by atoms with van der Waals surface area (Å²) in [6, 6.07) is 9.07. The first-order chi connectivity index (χ1) is 10.7. The van der Waals surface area contributed by atoms with E-state index in [0.29, 0.717) is 6.54 Å². The highest BCUT2D eigenvalue weighted by Gasteiger charge is 2.27. The second kappa shape index (κ2) is 7.14. The van der Waals surface area contributed by atoms with Gasteiger partial charge in [-0.1, -0.05) is 37.1 Å². The Bertz CT molecular complexity index is 503. The zero-order valence-electron chi connectivity index (χ0n) is 13.6. The molecule has 4 heteroatoms. The lowest BCUT2D eigenvalue weighted by Gasteiger charge is -2.38. The summed E-state index contributed by atoms with van der Waals surface area (Å²) in [5.41, 5.74) is 2.43. The number of amides is 2. The number of carbonyl (C=O) groups is 1. The van der Waals surface area contributed by atoms with Crippen LogP contribution in [0.5, 0.6) is 0 Å². The summed E-state index contributed by atoms with van der Waals surface area (Å²) >= 11 is 0. The second-order valence-corrected chi connectivity index (χ2v) is 6.55. The Labute approximate surface area is 133 Å². The Morgan fingerprint density at radius 3 is 2.50 bits per heavy atom. The van der Waals surface area contributed by atoms with Gasteiger partial charge in [0.1, 0.15) is 0 Å². The highest BCUT2D eigenvalue weighted by Crippen LogP contribution is 2.24. The molecule has 1 aromatic carbocycles. The van der Waals surface area contributed by atoms with Crippen molar-refractivity contribution in [1.82, 2.24) is 15.1 Å². The Hall–Kier alpha value is -1.55. The quantitative estimate of drug-likeness (QED) is 0.932. The van der Waals surface area contributed by atoms with Crippen molar-refractivity contribution in [3.05, 3.63) is 35.4 Å². The molecule has 1 aliphatic heterocycles. The van der Waals surface area contributed by atoms with Crippen LogP contribution in [0.25, 0.3) is 0 Å². The van der Waals surface area contributed by atoms with Crippen LogP contribution >= 0.6 is 0 Å². The number of nitrogens with one attached hydrogen (secondary N) is 1. The lowest BCUT2D eigenvalue weighted by atomic mass is 10.1. The molecule has 4 nitrogen and oxygen atoms in total. The molecule has 120 valence electrons. The van der Waals surface area contributed by atoms with Crippen LogP contribution in [0.4, 0.5) is 4.79 Å². The molecule has 0 atom stereocenters. The summed E-state index contributed by atoms with van der Waals surface area (Å²) in [5.74, 6) is 0. The summed E-state index contributed by atoms with van der Waals surface area (Å²) < 4.78 is 0. The molecule has 1 N–H and O–H groups in total. The van der Waals surface area contributed by atoms with E-state index in [9.17, 15) is 4.79 Å². The lowest BCUT2D eigenvalue weighted by molar-refractivity contribution is 0.109. The third-order valence-corrected chi connectivity index (χ3v) is 5.13.